The Labute approximate surface area is 63.4 Å². The molecule has 0 radical (unpaired) electrons. The molecule has 6 nitrogen and oxygen atoms in total. The Hall–Kier alpha value is -1.43. The molecule has 60 valence electrons. The highest BCUT2D eigenvalue weighted by molar-refractivity contribution is 5.98. The second-order valence-corrected chi connectivity index (χ2v) is 2.24. The first-order valence-electron chi connectivity index (χ1n) is 3.00. The van der Waals surface area contributed by atoms with E-state index in [2.05, 4.69) is 15.3 Å². The molecule has 6 heteroatoms. The van der Waals surface area contributed by atoms with Crippen LogP contribution < -0.4 is 16.8 Å². The highest BCUT2D eigenvalue weighted by Gasteiger charge is 2.26. The Morgan fingerprint density at radius 1 is 1.73 bits per heavy atom. The normalized spacial score (nSPS) is 30.0. The number of amidine groups is 1. The Morgan fingerprint density at radius 2 is 2.36 bits per heavy atom. The predicted molar refractivity (Wildman–Crippen MR) is 40.8 cm³/mol. The summed E-state index contributed by atoms with van der Waals surface area (Å²) in [5, 5.41) is 2.56. The maximum absolute atomic E-state index is 10.4. The van der Waals surface area contributed by atoms with Crippen LogP contribution in [-0.2, 0) is 4.79 Å². The van der Waals surface area contributed by atoms with Gasteiger partial charge in [0.1, 0.15) is 5.84 Å². The summed E-state index contributed by atoms with van der Waals surface area (Å²) in [4.78, 5) is 17.7. The largest absolute Gasteiger partial charge is 0.368 e. The number of carbonyl (C=O) groups is 1. The van der Waals surface area contributed by atoms with E-state index in [1.165, 1.54) is 0 Å². The maximum Gasteiger partial charge on any atom is 0.244 e. The van der Waals surface area contributed by atoms with E-state index in [0.29, 0.717) is 12.1 Å². The molecule has 0 bridgehead atoms. The molecular formula is C5H9N5O. The zero-order valence-electron chi connectivity index (χ0n) is 6.03. The fourth-order valence-electron chi connectivity index (χ4n) is 0.788. The molecular weight excluding hydrogens is 146 g/mol. The van der Waals surface area contributed by atoms with Gasteiger partial charge in [-0.3, -0.25) is 10.5 Å². The van der Waals surface area contributed by atoms with Gasteiger partial charge < -0.3 is 11.1 Å². The van der Waals surface area contributed by atoms with Crippen LogP contribution in [0.5, 0.6) is 0 Å². The number of aliphatic imine (C=N–C) groups is 2. The van der Waals surface area contributed by atoms with Gasteiger partial charge in [-0.2, -0.15) is 0 Å². The van der Waals surface area contributed by atoms with Crippen molar-refractivity contribution < 1.29 is 4.79 Å². The van der Waals surface area contributed by atoms with Crippen molar-refractivity contribution in [1.82, 2.24) is 5.32 Å². The van der Waals surface area contributed by atoms with Gasteiger partial charge in [0.2, 0.25) is 11.7 Å². The summed E-state index contributed by atoms with van der Waals surface area (Å²) >= 11 is 0. The van der Waals surface area contributed by atoms with Crippen LogP contribution in [0.1, 0.15) is 6.92 Å². The molecule has 0 spiro atoms. The van der Waals surface area contributed by atoms with Crippen molar-refractivity contribution in [1.29, 1.82) is 0 Å². The van der Waals surface area contributed by atoms with Crippen LogP contribution in [0.4, 0.5) is 0 Å². The van der Waals surface area contributed by atoms with Crippen LogP contribution in [0.15, 0.2) is 9.98 Å². The van der Waals surface area contributed by atoms with Gasteiger partial charge in [-0.15, -0.1) is 0 Å². The van der Waals surface area contributed by atoms with Crippen molar-refractivity contribution in [3.8, 4) is 0 Å². The van der Waals surface area contributed by atoms with Gasteiger partial charge >= 0.3 is 0 Å². The fraction of sp³-hybridized carbons (Fsp3) is 0.400. The number of rotatable bonds is 1. The first kappa shape index (κ1) is 7.67. The summed E-state index contributed by atoms with van der Waals surface area (Å²) in [5.74, 6) is -0.946. The minimum atomic E-state index is -1.43. The van der Waals surface area contributed by atoms with E-state index in [4.69, 9.17) is 11.5 Å². The lowest BCUT2D eigenvalue weighted by Gasteiger charge is -2.23. The number of guanidine groups is 1. The van der Waals surface area contributed by atoms with E-state index in [9.17, 15) is 4.79 Å². The third kappa shape index (κ3) is 1.53. The smallest absolute Gasteiger partial charge is 0.244 e. The Morgan fingerprint density at radius 3 is 2.82 bits per heavy atom. The van der Waals surface area contributed by atoms with Crippen molar-refractivity contribution in [3.63, 3.8) is 0 Å². The van der Waals surface area contributed by atoms with Gasteiger partial charge in [0, 0.05) is 0 Å². The van der Waals surface area contributed by atoms with Crippen LogP contribution in [0.2, 0.25) is 0 Å². The second-order valence-electron chi connectivity index (χ2n) is 2.24. The lowest BCUT2D eigenvalue weighted by molar-refractivity contribution is -0.112. The summed E-state index contributed by atoms with van der Waals surface area (Å²) in [7, 11) is 0. The van der Waals surface area contributed by atoms with Crippen molar-refractivity contribution in [3.05, 3.63) is 0 Å². The molecule has 0 fully saturated rings. The molecule has 0 saturated carbocycles. The summed E-state index contributed by atoms with van der Waals surface area (Å²) < 4.78 is 0. The molecule has 1 unspecified atom stereocenters. The summed E-state index contributed by atoms with van der Waals surface area (Å²) in [5.41, 5.74) is 10.7. The highest BCUT2D eigenvalue weighted by atomic mass is 16.1. The molecule has 1 rings (SSSR count). The van der Waals surface area contributed by atoms with Crippen LogP contribution in [0.3, 0.4) is 0 Å². The van der Waals surface area contributed by atoms with Crippen LogP contribution in [-0.4, -0.2) is 23.9 Å². The van der Waals surface area contributed by atoms with E-state index in [0.717, 1.165) is 0 Å². The SMILES string of the molecule is CC1=NC(N)=NC(N)(C=O)N1. The number of carbonyl (C=O) groups excluding carboxylic acids is 1. The van der Waals surface area contributed by atoms with Crippen LogP contribution in [0.25, 0.3) is 0 Å². The highest BCUT2D eigenvalue weighted by Crippen LogP contribution is 1.99. The van der Waals surface area contributed by atoms with Crippen LogP contribution in [0, 0.1) is 0 Å². The quantitative estimate of drug-likeness (QED) is 0.386. The Kier molecular flexibility index (Phi) is 1.61. The maximum atomic E-state index is 10.4. The molecule has 0 saturated heterocycles. The zero-order valence-corrected chi connectivity index (χ0v) is 6.03. The van der Waals surface area contributed by atoms with E-state index in [1.54, 1.807) is 6.92 Å². The van der Waals surface area contributed by atoms with Gasteiger partial charge in [0.15, 0.2) is 6.29 Å². The van der Waals surface area contributed by atoms with Gasteiger partial charge in [-0.1, -0.05) is 0 Å². The number of hydrogen-bond acceptors (Lipinski definition) is 6. The van der Waals surface area contributed by atoms with Gasteiger partial charge in [0.25, 0.3) is 0 Å². The zero-order chi connectivity index (χ0) is 8.48. The molecule has 0 amide bonds. The van der Waals surface area contributed by atoms with E-state index < -0.39 is 5.79 Å². The Bertz CT molecular complexity index is 245. The monoisotopic (exact) mass is 155 g/mol. The molecule has 1 aliphatic rings. The molecule has 0 aromatic heterocycles. The summed E-state index contributed by atoms with van der Waals surface area (Å²) in [6.45, 7) is 1.65. The van der Waals surface area contributed by atoms with Gasteiger partial charge in [-0.05, 0) is 6.92 Å². The van der Waals surface area contributed by atoms with Gasteiger partial charge in [-0.25, -0.2) is 9.98 Å². The van der Waals surface area contributed by atoms with E-state index in [-0.39, 0.29) is 5.96 Å². The van der Waals surface area contributed by atoms with Crippen molar-refractivity contribution in [2.75, 3.05) is 0 Å². The fourth-order valence-corrected chi connectivity index (χ4v) is 0.788. The van der Waals surface area contributed by atoms with Gasteiger partial charge in [0.05, 0.1) is 0 Å². The van der Waals surface area contributed by atoms with Crippen molar-refractivity contribution in [2.45, 2.75) is 12.7 Å². The molecule has 5 N–H and O–H groups in total. The molecule has 0 aliphatic carbocycles. The topological polar surface area (TPSA) is 106 Å². The molecule has 0 aromatic carbocycles. The number of hydrogen-bond donors (Lipinski definition) is 3. The standard InChI is InChI=1S/C5H9N5O/c1-3-8-4(6)10-5(7,2-11)9-3/h2H,7H2,1H3,(H3,6,8,9,10). The second kappa shape index (κ2) is 2.31. The molecule has 11 heavy (non-hydrogen) atoms. The number of nitrogens with one attached hydrogen (secondary N) is 1. The molecule has 1 aliphatic heterocycles. The van der Waals surface area contributed by atoms with Crippen molar-refractivity contribution >= 4 is 18.1 Å². The third-order valence-corrected chi connectivity index (χ3v) is 1.14. The van der Waals surface area contributed by atoms with Crippen LogP contribution >= 0.6 is 0 Å². The minimum absolute atomic E-state index is 0.0100. The average molecular weight is 155 g/mol. The first-order valence-corrected chi connectivity index (χ1v) is 3.00. The third-order valence-electron chi connectivity index (χ3n) is 1.14. The molecule has 1 atom stereocenters. The molecule has 0 aromatic rings. The number of nitrogens with zero attached hydrogens (tertiary/aromatic N) is 2. The number of nitrogens with two attached hydrogens (primary N) is 2. The lowest BCUT2D eigenvalue weighted by atomic mass is 10.4. The minimum Gasteiger partial charge on any atom is -0.368 e. The first-order chi connectivity index (χ1) is 5.06. The number of aldehydes is 1. The van der Waals surface area contributed by atoms with E-state index in [1.807, 2.05) is 0 Å². The predicted octanol–water partition coefficient (Wildman–Crippen LogP) is -1.87. The molecule has 1 heterocycles. The van der Waals surface area contributed by atoms with Crippen molar-refractivity contribution in [2.24, 2.45) is 21.5 Å². The average Bonchev–Trinajstić information content (AvgIpc) is 1.84. The summed E-state index contributed by atoms with van der Waals surface area (Å²) in [6.07, 6.45) is 0.470. The summed E-state index contributed by atoms with van der Waals surface area (Å²) in [6, 6.07) is 0. The van der Waals surface area contributed by atoms with E-state index >= 15 is 0 Å². The lowest BCUT2D eigenvalue weighted by Crippen LogP contribution is -2.58. The Balaban J connectivity index is 2.95.